The average Bonchev–Trinajstić information content (AvgIpc) is 2.86. The molecule has 1 aromatic rings. The van der Waals surface area contributed by atoms with Crippen molar-refractivity contribution in [2.24, 2.45) is 5.73 Å². The Labute approximate surface area is 148 Å². The van der Waals surface area contributed by atoms with Gasteiger partial charge in [-0.2, -0.15) is 0 Å². The number of halogens is 1. The third-order valence-corrected chi connectivity index (χ3v) is 5.67. The van der Waals surface area contributed by atoms with Crippen LogP contribution in [-0.2, 0) is 4.79 Å². The van der Waals surface area contributed by atoms with Crippen molar-refractivity contribution in [3.63, 3.8) is 0 Å². The molecule has 1 amide bonds. The maximum absolute atomic E-state index is 13.7. The van der Waals surface area contributed by atoms with Gasteiger partial charge >= 0.3 is 0 Å². The predicted molar refractivity (Wildman–Crippen MR) is 98.7 cm³/mol. The Balaban J connectivity index is 2.00. The third kappa shape index (κ3) is 3.21. The van der Waals surface area contributed by atoms with Crippen molar-refractivity contribution < 1.29 is 9.18 Å². The lowest BCUT2D eigenvalue weighted by molar-refractivity contribution is -0.110. The van der Waals surface area contributed by atoms with E-state index in [2.05, 4.69) is 42.9 Å². The lowest BCUT2D eigenvalue weighted by Crippen LogP contribution is -2.64. The highest BCUT2D eigenvalue weighted by Gasteiger charge is 2.40. The average molecular weight is 346 g/mol. The summed E-state index contributed by atoms with van der Waals surface area (Å²) < 4.78 is 13.7. The summed E-state index contributed by atoms with van der Waals surface area (Å²) in [6, 6.07) is 5.00. The number of carbonyl (C=O) groups excluding carboxylic acids is 1. The van der Waals surface area contributed by atoms with E-state index in [0.717, 1.165) is 13.1 Å². The predicted octanol–water partition coefficient (Wildman–Crippen LogP) is 1.90. The van der Waals surface area contributed by atoms with Gasteiger partial charge in [0.2, 0.25) is 0 Å². The zero-order chi connectivity index (χ0) is 18.4. The number of piperazine rings is 1. The first-order chi connectivity index (χ1) is 11.7. The highest BCUT2D eigenvalue weighted by molar-refractivity contribution is 6.31. The van der Waals surface area contributed by atoms with Crippen LogP contribution in [0.1, 0.15) is 26.3 Å². The van der Waals surface area contributed by atoms with Crippen LogP contribution in [-0.4, -0.2) is 60.0 Å². The number of nitrogens with one attached hydrogen (secondary N) is 1. The monoisotopic (exact) mass is 346 g/mol. The molecule has 5 nitrogen and oxygen atoms in total. The number of carbonyl (C=O) groups is 1. The molecule has 25 heavy (non-hydrogen) atoms. The molecular weight excluding hydrogens is 319 g/mol. The van der Waals surface area contributed by atoms with E-state index in [1.165, 1.54) is 12.1 Å². The fourth-order valence-electron chi connectivity index (χ4n) is 3.80. The van der Waals surface area contributed by atoms with Crippen LogP contribution in [0.2, 0.25) is 0 Å². The van der Waals surface area contributed by atoms with Gasteiger partial charge in [0.15, 0.2) is 0 Å². The number of amides is 1. The number of benzene rings is 1. The smallest absolute Gasteiger partial charge is 0.256 e. The fourth-order valence-corrected chi connectivity index (χ4v) is 3.80. The Morgan fingerprint density at radius 3 is 2.92 bits per heavy atom. The molecule has 0 aliphatic carbocycles. The van der Waals surface area contributed by atoms with E-state index in [1.807, 2.05) is 6.08 Å². The van der Waals surface area contributed by atoms with Gasteiger partial charge in [0.25, 0.3) is 5.91 Å². The number of nitrogens with zero attached hydrogens (tertiary/aromatic N) is 2. The van der Waals surface area contributed by atoms with E-state index < -0.39 is 0 Å². The Hall–Kier alpha value is -1.76. The van der Waals surface area contributed by atoms with Crippen molar-refractivity contribution in [3.8, 4) is 0 Å². The summed E-state index contributed by atoms with van der Waals surface area (Å²) in [7, 11) is 2.07. The second-order valence-corrected chi connectivity index (χ2v) is 7.53. The van der Waals surface area contributed by atoms with Crippen molar-refractivity contribution in [1.29, 1.82) is 0 Å². The number of anilines is 1. The molecule has 0 bridgehead atoms. The number of fused-ring (bicyclic) bond motifs is 1. The highest BCUT2D eigenvalue weighted by Crippen LogP contribution is 2.36. The summed E-state index contributed by atoms with van der Waals surface area (Å²) in [5.41, 5.74) is 7.36. The van der Waals surface area contributed by atoms with Gasteiger partial charge in [-0.25, -0.2) is 4.39 Å². The summed E-state index contributed by atoms with van der Waals surface area (Å²) in [6.07, 6.45) is 1.99. The maximum atomic E-state index is 13.7. The molecule has 6 heteroatoms. The zero-order valence-electron chi connectivity index (χ0n) is 15.3. The number of rotatable bonds is 3. The first-order valence-electron chi connectivity index (χ1n) is 8.76. The Kier molecular flexibility index (Phi) is 4.70. The lowest BCUT2D eigenvalue weighted by Gasteiger charge is -2.51. The van der Waals surface area contributed by atoms with Crippen LogP contribution in [0.25, 0.3) is 5.57 Å². The van der Waals surface area contributed by atoms with Crippen LogP contribution in [0.4, 0.5) is 10.1 Å². The Bertz CT molecular complexity index is 719. The normalized spacial score (nSPS) is 30.4. The molecule has 2 aliphatic heterocycles. The van der Waals surface area contributed by atoms with Crippen molar-refractivity contribution in [3.05, 3.63) is 35.7 Å². The second kappa shape index (κ2) is 6.52. The van der Waals surface area contributed by atoms with E-state index in [9.17, 15) is 9.18 Å². The first-order valence-corrected chi connectivity index (χ1v) is 8.76. The van der Waals surface area contributed by atoms with Gasteiger partial charge < -0.3 is 11.1 Å². The van der Waals surface area contributed by atoms with E-state index in [-0.39, 0.29) is 23.3 Å². The number of hydrogen-bond acceptors (Lipinski definition) is 4. The molecule has 0 saturated carbocycles. The first kappa shape index (κ1) is 18.0. The molecule has 1 saturated heterocycles. The summed E-state index contributed by atoms with van der Waals surface area (Å²) in [5.74, 6) is -0.512. The molecular formula is C19H27FN4O. The summed E-state index contributed by atoms with van der Waals surface area (Å²) in [5, 5.41) is 2.83. The van der Waals surface area contributed by atoms with Crippen molar-refractivity contribution in [2.45, 2.75) is 38.4 Å². The van der Waals surface area contributed by atoms with E-state index >= 15 is 0 Å². The van der Waals surface area contributed by atoms with Gasteiger partial charge in [-0.1, -0.05) is 0 Å². The van der Waals surface area contributed by atoms with Crippen LogP contribution in [0.3, 0.4) is 0 Å². The van der Waals surface area contributed by atoms with Gasteiger partial charge in [-0.15, -0.1) is 0 Å². The molecule has 0 spiro atoms. The third-order valence-electron chi connectivity index (χ3n) is 5.67. The zero-order valence-corrected chi connectivity index (χ0v) is 15.3. The summed E-state index contributed by atoms with van der Waals surface area (Å²) in [6.45, 7) is 8.72. The topological polar surface area (TPSA) is 61.6 Å². The Morgan fingerprint density at radius 2 is 2.24 bits per heavy atom. The molecule has 0 radical (unpaired) electrons. The van der Waals surface area contributed by atoms with Gasteiger partial charge in [0, 0.05) is 48.5 Å². The molecule has 1 aromatic carbocycles. The molecule has 2 heterocycles. The molecule has 3 N–H and O–H groups in total. The molecule has 0 aromatic heterocycles. The molecule has 3 unspecified atom stereocenters. The minimum absolute atomic E-state index is 0.174. The highest BCUT2D eigenvalue weighted by atomic mass is 19.1. The van der Waals surface area contributed by atoms with Gasteiger partial charge in [0.05, 0.1) is 5.54 Å². The molecule has 3 atom stereocenters. The van der Waals surface area contributed by atoms with Crippen LogP contribution in [0.15, 0.2) is 24.3 Å². The number of hydrogen-bond donors (Lipinski definition) is 2. The van der Waals surface area contributed by atoms with Crippen molar-refractivity contribution in [2.75, 3.05) is 32.0 Å². The second-order valence-electron chi connectivity index (χ2n) is 7.53. The van der Waals surface area contributed by atoms with Crippen molar-refractivity contribution >= 4 is 17.2 Å². The number of likely N-dealkylation sites (N-methyl/N-ethyl adjacent to an activating group) is 1. The van der Waals surface area contributed by atoms with E-state index in [1.54, 1.807) is 6.07 Å². The standard InChI is InChI=1S/C19H27FN4O/c1-12(9-21)24-10-13(2)23(4)19(3,11-24)8-16-15-7-14(20)5-6-17(15)22-18(16)25/h5-8,12-13H,9-11,21H2,1-4H3,(H,22,25)/b16-8-. The quantitative estimate of drug-likeness (QED) is 0.821. The van der Waals surface area contributed by atoms with Gasteiger partial charge in [-0.05, 0) is 52.1 Å². The minimum atomic E-state index is -0.346. The van der Waals surface area contributed by atoms with Gasteiger partial charge in [0.1, 0.15) is 5.82 Å². The summed E-state index contributed by atoms with van der Waals surface area (Å²) >= 11 is 0. The SMILES string of the molecule is CC(CN)N1CC(C)N(C)C(C)(/C=C2\C(=O)Nc3ccc(F)cc32)C1. The van der Waals surface area contributed by atoms with Crippen LogP contribution < -0.4 is 11.1 Å². The van der Waals surface area contributed by atoms with Crippen LogP contribution in [0, 0.1) is 5.82 Å². The van der Waals surface area contributed by atoms with E-state index in [0.29, 0.717) is 29.4 Å². The summed E-state index contributed by atoms with van der Waals surface area (Å²) in [4.78, 5) is 17.1. The number of nitrogens with two attached hydrogens (primary N) is 1. The van der Waals surface area contributed by atoms with Crippen molar-refractivity contribution in [1.82, 2.24) is 9.80 Å². The van der Waals surface area contributed by atoms with Crippen LogP contribution >= 0.6 is 0 Å². The molecule has 136 valence electrons. The molecule has 3 rings (SSSR count). The van der Waals surface area contributed by atoms with Crippen LogP contribution in [0.5, 0.6) is 0 Å². The molecule has 2 aliphatic rings. The fraction of sp³-hybridized carbons (Fsp3) is 0.526. The lowest BCUT2D eigenvalue weighted by atomic mass is 9.89. The molecule has 1 fully saturated rings. The largest absolute Gasteiger partial charge is 0.329 e. The Morgan fingerprint density at radius 1 is 1.52 bits per heavy atom. The maximum Gasteiger partial charge on any atom is 0.256 e. The van der Waals surface area contributed by atoms with E-state index in [4.69, 9.17) is 5.73 Å². The van der Waals surface area contributed by atoms with Gasteiger partial charge in [-0.3, -0.25) is 14.6 Å². The minimum Gasteiger partial charge on any atom is -0.329 e.